The van der Waals surface area contributed by atoms with E-state index in [1.54, 1.807) is 17.0 Å². The van der Waals surface area contributed by atoms with E-state index in [0.29, 0.717) is 11.3 Å². The summed E-state index contributed by atoms with van der Waals surface area (Å²) in [6, 6.07) is 5.15. The third-order valence-electron chi connectivity index (χ3n) is 3.21. The van der Waals surface area contributed by atoms with Crippen LogP contribution in [0.15, 0.2) is 18.2 Å². The summed E-state index contributed by atoms with van der Waals surface area (Å²) in [6.07, 6.45) is 2.04. The Bertz CT molecular complexity index is 493. The first-order valence-electron chi connectivity index (χ1n) is 6.39. The Labute approximate surface area is 112 Å². The number of anilines is 1. The Balaban J connectivity index is 1.93. The second kappa shape index (κ2) is 5.73. The fourth-order valence-electron chi connectivity index (χ4n) is 2.11. The van der Waals surface area contributed by atoms with Gasteiger partial charge in [0.1, 0.15) is 0 Å². The number of nitrogens with zero attached hydrogens (tertiary/aromatic N) is 1. The third-order valence-corrected chi connectivity index (χ3v) is 3.21. The first kappa shape index (κ1) is 13.4. The van der Waals surface area contributed by atoms with Gasteiger partial charge in [-0.2, -0.15) is 0 Å². The highest BCUT2D eigenvalue weighted by atomic mass is 16.5. The Morgan fingerprint density at radius 3 is 2.68 bits per heavy atom. The normalized spacial score (nSPS) is 14.5. The number of nitrogens with two attached hydrogens (primary N) is 1. The van der Waals surface area contributed by atoms with Crippen LogP contribution in [0.3, 0.4) is 0 Å². The van der Waals surface area contributed by atoms with Gasteiger partial charge in [-0.1, -0.05) is 11.6 Å². The second-order valence-corrected chi connectivity index (χ2v) is 4.75. The maximum atomic E-state index is 11.9. The lowest BCUT2D eigenvalue weighted by atomic mass is 10.1. The van der Waals surface area contributed by atoms with Crippen molar-refractivity contribution in [2.24, 2.45) is 0 Å². The average Bonchev–Trinajstić information content (AvgIpc) is 2.92. The van der Waals surface area contributed by atoms with Crippen LogP contribution >= 0.6 is 0 Å². The first-order chi connectivity index (χ1) is 9.08. The van der Waals surface area contributed by atoms with Crippen molar-refractivity contribution in [2.75, 3.05) is 25.4 Å². The number of carbonyl (C=O) groups is 2. The van der Waals surface area contributed by atoms with Crippen LogP contribution < -0.4 is 5.73 Å². The minimum Gasteiger partial charge on any atom is -0.452 e. The summed E-state index contributed by atoms with van der Waals surface area (Å²) < 4.78 is 5.03. The molecule has 1 aliphatic heterocycles. The lowest BCUT2D eigenvalue weighted by molar-refractivity contribution is -0.133. The van der Waals surface area contributed by atoms with Gasteiger partial charge in [0.2, 0.25) is 0 Å². The minimum atomic E-state index is -0.547. The van der Waals surface area contributed by atoms with Gasteiger partial charge in [0.05, 0.1) is 5.56 Å². The third kappa shape index (κ3) is 3.24. The molecule has 19 heavy (non-hydrogen) atoms. The number of aryl methyl sites for hydroxylation is 1. The fourth-order valence-corrected chi connectivity index (χ4v) is 2.11. The molecule has 1 aliphatic rings. The fraction of sp³-hybridized carbons (Fsp3) is 0.429. The van der Waals surface area contributed by atoms with E-state index in [1.807, 2.05) is 13.0 Å². The van der Waals surface area contributed by atoms with Crippen molar-refractivity contribution < 1.29 is 14.3 Å². The lowest BCUT2D eigenvalue weighted by Gasteiger charge is -2.15. The molecule has 1 amide bonds. The zero-order valence-corrected chi connectivity index (χ0v) is 11.0. The van der Waals surface area contributed by atoms with E-state index in [9.17, 15) is 9.59 Å². The number of nitrogen functional groups attached to an aromatic ring is 1. The zero-order chi connectivity index (χ0) is 13.8. The number of carbonyl (C=O) groups excluding carboxylic acids is 2. The summed E-state index contributed by atoms with van der Waals surface area (Å²) in [6.45, 7) is 3.16. The van der Waals surface area contributed by atoms with Gasteiger partial charge in [0.15, 0.2) is 6.61 Å². The van der Waals surface area contributed by atoms with Gasteiger partial charge in [0.25, 0.3) is 5.91 Å². The molecule has 0 unspecified atom stereocenters. The van der Waals surface area contributed by atoms with Gasteiger partial charge < -0.3 is 15.4 Å². The number of hydrogen-bond donors (Lipinski definition) is 1. The highest BCUT2D eigenvalue weighted by molar-refractivity contribution is 5.96. The Hall–Kier alpha value is -2.04. The first-order valence-corrected chi connectivity index (χ1v) is 6.39. The number of likely N-dealkylation sites (tertiary alicyclic amines) is 1. The summed E-state index contributed by atoms with van der Waals surface area (Å²) in [7, 11) is 0. The van der Waals surface area contributed by atoms with Gasteiger partial charge in [-0.25, -0.2) is 4.79 Å². The summed E-state index contributed by atoms with van der Waals surface area (Å²) >= 11 is 0. The highest BCUT2D eigenvalue weighted by Crippen LogP contribution is 2.15. The zero-order valence-electron chi connectivity index (χ0n) is 11.0. The van der Waals surface area contributed by atoms with E-state index in [-0.39, 0.29) is 12.5 Å². The molecule has 5 nitrogen and oxygen atoms in total. The van der Waals surface area contributed by atoms with Crippen molar-refractivity contribution in [3.05, 3.63) is 29.3 Å². The van der Waals surface area contributed by atoms with Crippen LogP contribution in [0.25, 0.3) is 0 Å². The average molecular weight is 262 g/mol. The van der Waals surface area contributed by atoms with Crippen LogP contribution in [0, 0.1) is 6.92 Å². The number of esters is 1. The van der Waals surface area contributed by atoms with Gasteiger partial charge in [0, 0.05) is 18.8 Å². The number of rotatable bonds is 3. The topological polar surface area (TPSA) is 72.6 Å². The molecule has 2 N–H and O–H groups in total. The number of benzene rings is 1. The second-order valence-electron chi connectivity index (χ2n) is 4.75. The van der Waals surface area contributed by atoms with E-state index in [2.05, 4.69) is 0 Å². The molecular formula is C14H18N2O3. The molecular weight excluding hydrogens is 244 g/mol. The smallest absolute Gasteiger partial charge is 0.340 e. The minimum absolute atomic E-state index is 0.142. The van der Waals surface area contributed by atoms with Gasteiger partial charge >= 0.3 is 5.97 Å². The largest absolute Gasteiger partial charge is 0.452 e. The van der Waals surface area contributed by atoms with Gasteiger partial charge in [-0.05, 0) is 31.9 Å². The molecule has 0 radical (unpaired) electrons. The Kier molecular flexibility index (Phi) is 4.04. The van der Waals surface area contributed by atoms with Crippen molar-refractivity contribution in [1.29, 1.82) is 0 Å². The summed E-state index contributed by atoms with van der Waals surface area (Å²) in [5.41, 5.74) is 7.32. The van der Waals surface area contributed by atoms with E-state index in [0.717, 1.165) is 31.5 Å². The predicted octanol–water partition coefficient (Wildman–Crippen LogP) is 1.36. The molecule has 1 fully saturated rings. The summed E-state index contributed by atoms with van der Waals surface area (Å²) in [5.74, 6) is -0.689. The molecule has 0 aromatic heterocycles. The molecule has 0 spiro atoms. The summed E-state index contributed by atoms with van der Waals surface area (Å²) in [5, 5.41) is 0. The van der Waals surface area contributed by atoms with Gasteiger partial charge in [-0.3, -0.25) is 4.79 Å². The number of amides is 1. The van der Waals surface area contributed by atoms with Crippen LogP contribution in [0.1, 0.15) is 28.8 Å². The maximum Gasteiger partial charge on any atom is 0.340 e. The quantitative estimate of drug-likeness (QED) is 0.659. The molecule has 0 bridgehead atoms. The van der Waals surface area contributed by atoms with E-state index in [4.69, 9.17) is 10.5 Å². The molecule has 0 aliphatic carbocycles. The number of hydrogen-bond acceptors (Lipinski definition) is 4. The standard InChI is InChI=1S/C14H18N2O3/c1-10-4-5-12(15)11(8-10)14(18)19-9-13(17)16-6-2-3-7-16/h4-5,8H,2-3,6-7,9,15H2,1H3. The van der Waals surface area contributed by atoms with E-state index < -0.39 is 5.97 Å². The van der Waals surface area contributed by atoms with E-state index in [1.165, 1.54) is 0 Å². The van der Waals surface area contributed by atoms with Gasteiger partial charge in [-0.15, -0.1) is 0 Å². The van der Waals surface area contributed by atoms with Crippen LogP contribution in [0.5, 0.6) is 0 Å². The van der Waals surface area contributed by atoms with Crippen molar-refractivity contribution >= 4 is 17.6 Å². The predicted molar refractivity (Wildman–Crippen MR) is 71.7 cm³/mol. The number of ether oxygens (including phenoxy) is 1. The monoisotopic (exact) mass is 262 g/mol. The Morgan fingerprint density at radius 1 is 1.32 bits per heavy atom. The lowest BCUT2D eigenvalue weighted by Crippen LogP contribution is -2.32. The van der Waals surface area contributed by atoms with Crippen LogP contribution in [0.4, 0.5) is 5.69 Å². The van der Waals surface area contributed by atoms with Crippen molar-refractivity contribution in [3.63, 3.8) is 0 Å². The van der Waals surface area contributed by atoms with Crippen molar-refractivity contribution in [2.45, 2.75) is 19.8 Å². The van der Waals surface area contributed by atoms with E-state index >= 15 is 0 Å². The maximum absolute atomic E-state index is 11.9. The summed E-state index contributed by atoms with van der Waals surface area (Å²) in [4.78, 5) is 25.3. The van der Waals surface area contributed by atoms with Crippen molar-refractivity contribution in [3.8, 4) is 0 Å². The van der Waals surface area contributed by atoms with Crippen LogP contribution in [-0.2, 0) is 9.53 Å². The van der Waals surface area contributed by atoms with Crippen LogP contribution in [0.2, 0.25) is 0 Å². The molecule has 2 rings (SSSR count). The highest BCUT2D eigenvalue weighted by Gasteiger charge is 2.20. The molecule has 5 heteroatoms. The molecule has 1 heterocycles. The molecule has 0 saturated carbocycles. The van der Waals surface area contributed by atoms with Crippen molar-refractivity contribution in [1.82, 2.24) is 4.90 Å². The molecule has 1 aromatic rings. The van der Waals surface area contributed by atoms with Crippen LogP contribution in [-0.4, -0.2) is 36.5 Å². The molecule has 0 atom stereocenters. The molecule has 1 saturated heterocycles. The Morgan fingerprint density at radius 2 is 2.00 bits per heavy atom. The molecule has 102 valence electrons. The molecule has 1 aromatic carbocycles. The SMILES string of the molecule is Cc1ccc(N)c(C(=O)OCC(=O)N2CCCC2)c1.